The van der Waals surface area contributed by atoms with E-state index >= 15 is 0 Å². The quantitative estimate of drug-likeness (QED) is 0.832. The van der Waals surface area contributed by atoms with E-state index in [4.69, 9.17) is 4.74 Å². The first-order valence-electron chi connectivity index (χ1n) is 6.26. The molecule has 2 heterocycles. The Morgan fingerprint density at radius 3 is 2.72 bits per heavy atom. The predicted molar refractivity (Wildman–Crippen MR) is 68.9 cm³/mol. The van der Waals surface area contributed by atoms with Gasteiger partial charge < -0.3 is 4.74 Å². The van der Waals surface area contributed by atoms with Gasteiger partial charge in [-0.05, 0) is 12.0 Å². The maximum absolute atomic E-state index is 11.6. The van der Waals surface area contributed by atoms with Crippen molar-refractivity contribution in [2.45, 2.75) is 24.6 Å². The third-order valence-electron chi connectivity index (χ3n) is 3.69. The molecule has 2 unspecified atom stereocenters. The maximum atomic E-state index is 11.6. The Hall–Kier alpha value is -0.910. The van der Waals surface area contributed by atoms with Gasteiger partial charge in [-0.3, -0.25) is 5.32 Å². The van der Waals surface area contributed by atoms with Crippen LogP contribution >= 0.6 is 0 Å². The number of ether oxygens (including phenoxy) is 1. The second-order valence-corrected chi connectivity index (χ2v) is 7.27. The van der Waals surface area contributed by atoms with Gasteiger partial charge in [-0.15, -0.1) is 0 Å². The molecular weight excluding hydrogens is 250 g/mol. The summed E-state index contributed by atoms with van der Waals surface area (Å²) >= 11 is 0. The highest BCUT2D eigenvalue weighted by Crippen LogP contribution is 2.33. The van der Waals surface area contributed by atoms with Gasteiger partial charge in [0.15, 0.2) is 9.84 Å². The summed E-state index contributed by atoms with van der Waals surface area (Å²) in [5, 5.41) is 3.40. The van der Waals surface area contributed by atoms with E-state index in [1.165, 1.54) is 5.56 Å². The van der Waals surface area contributed by atoms with Crippen molar-refractivity contribution in [3.05, 3.63) is 35.9 Å². The molecule has 1 spiro atoms. The molecule has 2 fully saturated rings. The third-order valence-corrected chi connectivity index (χ3v) is 5.43. The van der Waals surface area contributed by atoms with Crippen LogP contribution in [0.15, 0.2) is 30.3 Å². The molecule has 2 aliphatic rings. The Balaban J connectivity index is 1.81. The first-order valence-corrected chi connectivity index (χ1v) is 8.08. The summed E-state index contributed by atoms with van der Waals surface area (Å²) in [5.74, 6) is 0.324. The molecule has 0 aromatic heterocycles. The Bertz CT molecular complexity index is 528. The van der Waals surface area contributed by atoms with Crippen molar-refractivity contribution in [3.63, 3.8) is 0 Å². The minimum absolute atomic E-state index is 0.101. The van der Waals surface area contributed by atoms with Crippen LogP contribution in [0.5, 0.6) is 0 Å². The second kappa shape index (κ2) is 4.33. The van der Waals surface area contributed by atoms with E-state index in [1.807, 2.05) is 18.2 Å². The Morgan fingerprint density at radius 1 is 1.28 bits per heavy atom. The average molecular weight is 267 g/mol. The fourth-order valence-corrected chi connectivity index (χ4v) is 4.59. The summed E-state index contributed by atoms with van der Waals surface area (Å²) in [7, 11) is -2.95. The summed E-state index contributed by atoms with van der Waals surface area (Å²) in [6.45, 7) is 0.613. The largest absolute Gasteiger partial charge is 0.359 e. The number of sulfone groups is 1. The number of rotatable bonds is 1. The first kappa shape index (κ1) is 12.1. The smallest absolute Gasteiger partial charge is 0.154 e. The van der Waals surface area contributed by atoms with Crippen LogP contribution in [-0.4, -0.2) is 32.3 Å². The lowest BCUT2D eigenvalue weighted by Crippen LogP contribution is -2.54. The fourth-order valence-electron chi connectivity index (χ4n) is 2.79. The van der Waals surface area contributed by atoms with Gasteiger partial charge >= 0.3 is 0 Å². The molecule has 0 bridgehead atoms. The SMILES string of the molecule is O=S1(=O)CCC2(C1)NC(c1ccccc1)CCO2. The number of nitrogens with one attached hydrogen (secondary N) is 1. The summed E-state index contributed by atoms with van der Waals surface area (Å²) in [6, 6.07) is 10.3. The van der Waals surface area contributed by atoms with Crippen molar-refractivity contribution in [2.24, 2.45) is 0 Å². The van der Waals surface area contributed by atoms with Crippen LogP contribution in [0.3, 0.4) is 0 Å². The monoisotopic (exact) mass is 267 g/mol. The zero-order chi connectivity index (χ0) is 12.6. The number of hydrogen-bond donors (Lipinski definition) is 1. The van der Waals surface area contributed by atoms with Gasteiger partial charge in [-0.2, -0.15) is 0 Å². The summed E-state index contributed by atoms with van der Waals surface area (Å²) in [6.07, 6.45) is 1.43. The third kappa shape index (κ3) is 2.30. The highest BCUT2D eigenvalue weighted by Gasteiger charge is 2.46. The summed E-state index contributed by atoms with van der Waals surface area (Å²) in [5.41, 5.74) is 0.543. The molecule has 0 saturated carbocycles. The minimum atomic E-state index is -2.95. The zero-order valence-corrected chi connectivity index (χ0v) is 10.9. The summed E-state index contributed by atoms with van der Waals surface area (Å²) < 4.78 is 29.0. The van der Waals surface area contributed by atoms with Gasteiger partial charge in [0.1, 0.15) is 5.72 Å². The molecule has 2 atom stereocenters. The zero-order valence-electron chi connectivity index (χ0n) is 10.1. The highest BCUT2D eigenvalue weighted by molar-refractivity contribution is 7.91. The molecule has 2 aliphatic heterocycles. The predicted octanol–water partition coefficient (Wildman–Crippen LogP) is 1.25. The van der Waals surface area contributed by atoms with Crippen molar-refractivity contribution in [1.29, 1.82) is 0 Å². The van der Waals surface area contributed by atoms with Gasteiger partial charge in [-0.1, -0.05) is 30.3 Å². The molecule has 98 valence electrons. The molecule has 0 aliphatic carbocycles. The van der Waals surface area contributed by atoms with Crippen molar-refractivity contribution in [3.8, 4) is 0 Å². The molecule has 3 rings (SSSR count). The van der Waals surface area contributed by atoms with Crippen LogP contribution < -0.4 is 5.32 Å². The molecule has 18 heavy (non-hydrogen) atoms. The lowest BCUT2D eigenvalue weighted by Gasteiger charge is -2.39. The Morgan fingerprint density at radius 2 is 2.06 bits per heavy atom. The van der Waals surface area contributed by atoms with Gasteiger partial charge in [0.25, 0.3) is 0 Å². The molecule has 4 nitrogen and oxygen atoms in total. The van der Waals surface area contributed by atoms with E-state index in [-0.39, 0.29) is 17.5 Å². The van der Waals surface area contributed by atoms with E-state index in [1.54, 1.807) is 0 Å². The topological polar surface area (TPSA) is 55.4 Å². The van der Waals surface area contributed by atoms with E-state index < -0.39 is 15.6 Å². The first-order chi connectivity index (χ1) is 8.59. The lowest BCUT2D eigenvalue weighted by atomic mass is 9.99. The normalized spacial score (nSPS) is 34.8. The van der Waals surface area contributed by atoms with Crippen molar-refractivity contribution >= 4 is 9.84 Å². The Labute approximate surface area is 107 Å². The van der Waals surface area contributed by atoms with Gasteiger partial charge in [0.2, 0.25) is 0 Å². The van der Waals surface area contributed by atoms with Gasteiger partial charge in [0.05, 0.1) is 18.1 Å². The van der Waals surface area contributed by atoms with Crippen LogP contribution in [0.4, 0.5) is 0 Å². The molecule has 0 radical (unpaired) electrons. The fraction of sp³-hybridized carbons (Fsp3) is 0.538. The van der Waals surface area contributed by atoms with E-state index in [2.05, 4.69) is 17.4 Å². The van der Waals surface area contributed by atoms with Crippen LogP contribution in [0.2, 0.25) is 0 Å². The van der Waals surface area contributed by atoms with Gasteiger partial charge in [0, 0.05) is 12.5 Å². The van der Waals surface area contributed by atoms with Crippen LogP contribution in [-0.2, 0) is 14.6 Å². The van der Waals surface area contributed by atoms with E-state index in [0.717, 1.165) is 6.42 Å². The van der Waals surface area contributed by atoms with Crippen LogP contribution in [0.1, 0.15) is 24.4 Å². The molecule has 1 N–H and O–H groups in total. The number of hydrogen-bond acceptors (Lipinski definition) is 4. The average Bonchev–Trinajstić information content (AvgIpc) is 2.66. The van der Waals surface area contributed by atoms with E-state index in [0.29, 0.717) is 13.0 Å². The molecule has 5 heteroatoms. The molecule has 1 aromatic carbocycles. The van der Waals surface area contributed by atoms with Crippen molar-refractivity contribution in [2.75, 3.05) is 18.1 Å². The lowest BCUT2D eigenvalue weighted by molar-refractivity contribution is -0.0927. The van der Waals surface area contributed by atoms with Crippen LogP contribution in [0.25, 0.3) is 0 Å². The molecular formula is C13H17NO3S. The highest BCUT2D eigenvalue weighted by atomic mass is 32.2. The van der Waals surface area contributed by atoms with Crippen LogP contribution in [0, 0.1) is 0 Å². The van der Waals surface area contributed by atoms with Gasteiger partial charge in [-0.25, -0.2) is 8.42 Å². The maximum Gasteiger partial charge on any atom is 0.154 e. The van der Waals surface area contributed by atoms with Crippen molar-refractivity contribution in [1.82, 2.24) is 5.32 Å². The molecule has 1 aromatic rings. The Kier molecular flexibility index (Phi) is 2.92. The molecule has 0 amide bonds. The second-order valence-electron chi connectivity index (χ2n) is 5.08. The minimum Gasteiger partial charge on any atom is -0.359 e. The summed E-state index contributed by atoms with van der Waals surface area (Å²) in [4.78, 5) is 0. The standard InChI is InChI=1S/C13H17NO3S/c15-18(16)9-7-13(10-18)14-12(6-8-17-13)11-4-2-1-3-5-11/h1-5,12,14H,6-10H2. The number of benzene rings is 1. The van der Waals surface area contributed by atoms with Crippen molar-refractivity contribution < 1.29 is 13.2 Å². The molecule has 2 saturated heterocycles. The van der Waals surface area contributed by atoms with E-state index in [9.17, 15) is 8.42 Å².